The van der Waals surface area contributed by atoms with E-state index >= 15 is 0 Å². The molecule has 1 heterocycles. The summed E-state index contributed by atoms with van der Waals surface area (Å²) in [6.45, 7) is 7.48. The molecule has 19 heavy (non-hydrogen) atoms. The van der Waals surface area contributed by atoms with E-state index in [0.717, 1.165) is 12.8 Å². The number of imide groups is 1. The monoisotopic (exact) mass is 257 g/mol. The van der Waals surface area contributed by atoms with Gasteiger partial charge in [-0.2, -0.15) is 0 Å². The fourth-order valence-electron chi connectivity index (χ4n) is 4.09. The van der Waals surface area contributed by atoms with Gasteiger partial charge in [0.15, 0.2) is 0 Å². The van der Waals surface area contributed by atoms with Crippen molar-refractivity contribution in [1.82, 2.24) is 4.90 Å². The third kappa shape index (κ3) is 1.44. The Morgan fingerprint density at radius 1 is 1.53 bits per heavy atom. The molecule has 0 aromatic heterocycles. The molecule has 1 aliphatic heterocycles. The number of fused-ring (bicyclic) bond motifs is 5. The lowest BCUT2D eigenvalue weighted by Gasteiger charge is -2.29. The molecule has 0 N–H and O–H groups in total. The molecule has 3 rings (SSSR count). The van der Waals surface area contributed by atoms with Gasteiger partial charge in [0.25, 0.3) is 0 Å². The van der Waals surface area contributed by atoms with Crippen LogP contribution in [-0.4, -0.2) is 16.7 Å². The average molecular weight is 257 g/mol. The van der Waals surface area contributed by atoms with Crippen molar-refractivity contribution in [2.24, 2.45) is 23.2 Å². The molecule has 2 bridgehead atoms. The maximum absolute atomic E-state index is 12.6. The highest BCUT2D eigenvalue weighted by molar-refractivity contribution is 6.08. The van der Waals surface area contributed by atoms with Crippen molar-refractivity contribution in [2.45, 2.75) is 26.7 Å². The van der Waals surface area contributed by atoms with Crippen LogP contribution >= 0.6 is 0 Å². The van der Waals surface area contributed by atoms with Gasteiger partial charge in [0.05, 0.1) is 11.8 Å². The van der Waals surface area contributed by atoms with Gasteiger partial charge in [0.2, 0.25) is 11.8 Å². The second kappa shape index (κ2) is 3.92. The highest BCUT2D eigenvalue weighted by Gasteiger charge is 2.65. The van der Waals surface area contributed by atoms with Crippen molar-refractivity contribution < 1.29 is 9.59 Å². The van der Waals surface area contributed by atoms with Crippen molar-refractivity contribution in [3.63, 3.8) is 0 Å². The number of hydrogen-bond acceptors (Lipinski definition) is 2. The lowest BCUT2D eigenvalue weighted by Crippen LogP contribution is -2.34. The third-order valence-electron chi connectivity index (χ3n) is 4.84. The van der Waals surface area contributed by atoms with Crippen LogP contribution in [0.3, 0.4) is 0 Å². The Morgan fingerprint density at radius 2 is 2.26 bits per heavy atom. The van der Waals surface area contributed by atoms with Crippen LogP contribution in [0.4, 0.5) is 0 Å². The van der Waals surface area contributed by atoms with Gasteiger partial charge in [-0.3, -0.25) is 14.5 Å². The van der Waals surface area contributed by atoms with Crippen molar-refractivity contribution in [1.29, 1.82) is 0 Å². The molecule has 1 saturated heterocycles. The van der Waals surface area contributed by atoms with Crippen LogP contribution in [0.25, 0.3) is 0 Å². The van der Waals surface area contributed by atoms with E-state index in [9.17, 15) is 9.59 Å². The van der Waals surface area contributed by atoms with E-state index in [1.807, 2.05) is 13.0 Å². The highest BCUT2D eigenvalue weighted by atomic mass is 16.2. The summed E-state index contributed by atoms with van der Waals surface area (Å²) in [5, 5.41) is 0. The molecule has 3 nitrogen and oxygen atoms in total. The molecule has 100 valence electrons. The van der Waals surface area contributed by atoms with Gasteiger partial charge in [0.1, 0.15) is 0 Å². The Balaban J connectivity index is 2.01. The summed E-state index contributed by atoms with van der Waals surface area (Å²) in [6, 6.07) is 0. The van der Waals surface area contributed by atoms with Gasteiger partial charge in [0, 0.05) is 11.1 Å². The SMILES string of the molecule is C=C(C)N1C(=O)C2C3C=CC(CC=CC)(C3)C2C1=O. The number of hydrogen-bond donors (Lipinski definition) is 0. The van der Waals surface area contributed by atoms with Gasteiger partial charge >= 0.3 is 0 Å². The number of nitrogens with zero attached hydrogens (tertiary/aromatic N) is 1. The molecule has 4 unspecified atom stereocenters. The molecule has 0 spiro atoms. The van der Waals surface area contributed by atoms with Crippen LogP contribution in [0.5, 0.6) is 0 Å². The first-order valence-electron chi connectivity index (χ1n) is 6.85. The maximum atomic E-state index is 12.6. The zero-order valence-corrected chi connectivity index (χ0v) is 11.4. The summed E-state index contributed by atoms with van der Waals surface area (Å²) < 4.78 is 0. The number of rotatable bonds is 3. The lowest BCUT2D eigenvalue weighted by atomic mass is 9.72. The fourth-order valence-corrected chi connectivity index (χ4v) is 4.09. The molecule has 4 atom stereocenters. The molecule has 0 aromatic carbocycles. The zero-order valence-electron chi connectivity index (χ0n) is 11.4. The largest absolute Gasteiger partial charge is 0.274 e. The topological polar surface area (TPSA) is 37.4 Å². The zero-order chi connectivity index (χ0) is 13.8. The Morgan fingerprint density at radius 3 is 2.89 bits per heavy atom. The molecule has 0 radical (unpaired) electrons. The van der Waals surface area contributed by atoms with Crippen LogP contribution in [0.1, 0.15) is 26.7 Å². The van der Waals surface area contributed by atoms with E-state index in [1.165, 1.54) is 4.90 Å². The number of carbonyl (C=O) groups excluding carboxylic acids is 2. The first-order valence-corrected chi connectivity index (χ1v) is 6.85. The van der Waals surface area contributed by atoms with Gasteiger partial charge < -0.3 is 0 Å². The lowest BCUT2D eigenvalue weighted by molar-refractivity contribution is -0.138. The highest BCUT2D eigenvalue weighted by Crippen LogP contribution is 2.61. The second-order valence-electron chi connectivity index (χ2n) is 5.98. The van der Waals surface area contributed by atoms with E-state index in [0.29, 0.717) is 5.70 Å². The van der Waals surface area contributed by atoms with Gasteiger partial charge in [-0.15, -0.1) is 0 Å². The first-order chi connectivity index (χ1) is 9.02. The standard InChI is InChI=1S/C16H19NO2/c1-4-5-7-16-8-6-11(9-16)12-13(16)15(19)17(10(2)3)14(12)18/h4-6,8,11-13H,2,7,9H2,1,3H3. The van der Waals surface area contributed by atoms with Crippen molar-refractivity contribution in [3.8, 4) is 0 Å². The number of carbonyl (C=O) groups is 2. The van der Waals surface area contributed by atoms with E-state index in [1.54, 1.807) is 6.92 Å². The summed E-state index contributed by atoms with van der Waals surface area (Å²) in [5.74, 6) is -0.184. The predicted octanol–water partition coefficient (Wildman–Crippen LogP) is 2.66. The predicted molar refractivity (Wildman–Crippen MR) is 72.8 cm³/mol. The third-order valence-corrected chi connectivity index (χ3v) is 4.84. The summed E-state index contributed by atoms with van der Waals surface area (Å²) in [6.07, 6.45) is 10.2. The van der Waals surface area contributed by atoms with Crippen molar-refractivity contribution >= 4 is 11.8 Å². The summed E-state index contributed by atoms with van der Waals surface area (Å²) >= 11 is 0. The summed E-state index contributed by atoms with van der Waals surface area (Å²) in [4.78, 5) is 26.3. The van der Waals surface area contributed by atoms with Crippen LogP contribution in [0.2, 0.25) is 0 Å². The second-order valence-corrected chi connectivity index (χ2v) is 5.98. The van der Waals surface area contributed by atoms with Crippen molar-refractivity contribution in [2.75, 3.05) is 0 Å². The van der Waals surface area contributed by atoms with E-state index in [4.69, 9.17) is 0 Å². The van der Waals surface area contributed by atoms with Gasteiger partial charge in [-0.25, -0.2) is 0 Å². The Hall–Kier alpha value is -1.64. The minimum Gasteiger partial charge on any atom is -0.274 e. The Kier molecular flexibility index (Phi) is 2.56. The minimum atomic E-state index is -0.178. The normalized spacial score (nSPS) is 39.7. The van der Waals surface area contributed by atoms with E-state index < -0.39 is 0 Å². The molecule has 3 aliphatic rings. The quantitative estimate of drug-likeness (QED) is 0.576. The smallest absolute Gasteiger partial charge is 0.238 e. The fraction of sp³-hybridized carbons (Fsp3) is 0.500. The summed E-state index contributed by atoms with van der Waals surface area (Å²) in [7, 11) is 0. The maximum Gasteiger partial charge on any atom is 0.238 e. The number of amides is 2. The van der Waals surface area contributed by atoms with E-state index in [-0.39, 0.29) is 35.0 Å². The molecule has 0 aromatic rings. The molecule has 2 fully saturated rings. The average Bonchev–Trinajstić information content (AvgIpc) is 2.98. The molecule has 3 heteroatoms. The molecule has 2 aliphatic carbocycles. The number of likely N-dealkylation sites (tertiary alicyclic amines) is 1. The minimum absolute atomic E-state index is 0.0424. The molecular formula is C16H19NO2. The molecular weight excluding hydrogens is 238 g/mol. The number of allylic oxidation sites excluding steroid dienone is 5. The van der Waals surface area contributed by atoms with Gasteiger partial charge in [-0.05, 0) is 32.6 Å². The molecule has 2 amide bonds. The van der Waals surface area contributed by atoms with Gasteiger partial charge in [-0.1, -0.05) is 30.9 Å². The molecule has 1 saturated carbocycles. The van der Waals surface area contributed by atoms with Crippen LogP contribution in [-0.2, 0) is 9.59 Å². The van der Waals surface area contributed by atoms with Crippen LogP contribution in [0.15, 0.2) is 36.6 Å². The Labute approximate surface area is 113 Å². The summed E-state index contributed by atoms with van der Waals surface area (Å²) in [5.41, 5.74) is 0.406. The van der Waals surface area contributed by atoms with Crippen LogP contribution in [0, 0.1) is 23.2 Å². The van der Waals surface area contributed by atoms with E-state index in [2.05, 4.69) is 24.8 Å². The van der Waals surface area contributed by atoms with Crippen molar-refractivity contribution in [3.05, 3.63) is 36.6 Å². The first kappa shape index (κ1) is 12.4. The Bertz CT molecular complexity index is 531. The van der Waals surface area contributed by atoms with Crippen LogP contribution < -0.4 is 0 Å².